The molecule has 1 saturated carbocycles. The van der Waals surface area contributed by atoms with Gasteiger partial charge in [-0.3, -0.25) is 0 Å². The summed E-state index contributed by atoms with van der Waals surface area (Å²) >= 11 is 0. The van der Waals surface area contributed by atoms with Crippen LogP contribution in [-0.4, -0.2) is 22.4 Å². The average Bonchev–Trinajstić information content (AvgIpc) is 3.14. The Hall–Kier alpha value is -1.38. The van der Waals surface area contributed by atoms with E-state index in [0.29, 0.717) is 11.8 Å². The van der Waals surface area contributed by atoms with Crippen LogP contribution in [0.2, 0.25) is 0 Å². The van der Waals surface area contributed by atoms with E-state index in [9.17, 15) is 10.2 Å². The SMILES string of the molecule is O[C@@H]1C([C@H]2C[C@@H]2c2ccccc2)=CC=C[C@@H]1O. The second kappa shape index (κ2) is 4.13. The predicted molar refractivity (Wildman–Crippen MR) is 66.5 cm³/mol. The first-order chi connectivity index (χ1) is 8.27. The van der Waals surface area contributed by atoms with Gasteiger partial charge in [-0.15, -0.1) is 0 Å². The van der Waals surface area contributed by atoms with E-state index in [4.69, 9.17) is 0 Å². The molecule has 1 fully saturated rings. The largest absolute Gasteiger partial charge is 0.386 e. The van der Waals surface area contributed by atoms with Gasteiger partial charge in [-0.1, -0.05) is 48.6 Å². The maximum Gasteiger partial charge on any atom is 0.105 e. The van der Waals surface area contributed by atoms with Crippen LogP contribution in [0.15, 0.2) is 54.1 Å². The summed E-state index contributed by atoms with van der Waals surface area (Å²) in [6.07, 6.45) is 5.03. The standard InChI is InChI=1S/C15H16O2/c16-14-8-4-7-11(15(14)17)13-9-12(13)10-5-2-1-3-6-10/h1-8,12-17H,9H2/t12-,13-,14+,15-/m1/s1. The first-order valence-corrected chi connectivity index (χ1v) is 6.06. The highest BCUT2D eigenvalue weighted by Crippen LogP contribution is 2.53. The molecule has 2 aliphatic carbocycles. The summed E-state index contributed by atoms with van der Waals surface area (Å²) in [6.45, 7) is 0. The molecule has 4 atom stereocenters. The molecule has 3 rings (SSSR count). The number of rotatable bonds is 2. The Bertz CT molecular complexity index is 461. The Morgan fingerprint density at radius 3 is 2.53 bits per heavy atom. The minimum Gasteiger partial charge on any atom is -0.386 e. The normalized spacial score (nSPS) is 35.5. The zero-order valence-corrected chi connectivity index (χ0v) is 9.53. The van der Waals surface area contributed by atoms with Crippen LogP contribution in [-0.2, 0) is 0 Å². The zero-order chi connectivity index (χ0) is 11.8. The molecule has 0 bridgehead atoms. The van der Waals surface area contributed by atoms with Gasteiger partial charge >= 0.3 is 0 Å². The van der Waals surface area contributed by atoms with Crippen molar-refractivity contribution in [2.75, 3.05) is 0 Å². The highest BCUT2D eigenvalue weighted by atomic mass is 16.3. The van der Waals surface area contributed by atoms with Crippen molar-refractivity contribution in [2.45, 2.75) is 24.5 Å². The lowest BCUT2D eigenvalue weighted by Gasteiger charge is -2.21. The third kappa shape index (κ3) is 1.94. The minimum atomic E-state index is -0.743. The molecular formula is C15H16O2. The van der Waals surface area contributed by atoms with Gasteiger partial charge in [0.05, 0.1) is 0 Å². The molecule has 0 saturated heterocycles. The molecule has 2 nitrogen and oxygen atoms in total. The lowest BCUT2D eigenvalue weighted by Crippen LogP contribution is -2.28. The lowest BCUT2D eigenvalue weighted by atomic mass is 9.93. The maximum absolute atomic E-state index is 9.94. The fraction of sp³-hybridized carbons (Fsp3) is 0.333. The van der Waals surface area contributed by atoms with Gasteiger partial charge < -0.3 is 10.2 Å². The molecule has 0 heterocycles. The van der Waals surface area contributed by atoms with E-state index in [1.807, 2.05) is 30.4 Å². The van der Waals surface area contributed by atoms with Crippen molar-refractivity contribution in [2.24, 2.45) is 5.92 Å². The van der Waals surface area contributed by atoms with Crippen LogP contribution in [0.25, 0.3) is 0 Å². The van der Waals surface area contributed by atoms with E-state index in [2.05, 4.69) is 12.1 Å². The third-order valence-electron chi connectivity index (χ3n) is 3.71. The molecule has 17 heavy (non-hydrogen) atoms. The topological polar surface area (TPSA) is 40.5 Å². The molecule has 0 radical (unpaired) electrons. The van der Waals surface area contributed by atoms with Crippen molar-refractivity contribution < 1.29 is 10.2 Å². The van der Waals surface area contributed by atoms with Gasteiger partial charge in [0, 0.05) is 0 Å². The monoisotopic (exact) mass is 228 g/mol. The fourth-order valence-corrected chi connectivity index (χ4v) is 2.66. The molecule has 2 N–H and O–H groups in total. The summed E-state index contributed by atoms with van der Waals surface area (Å²) in [6, 6.07) is 10.4. The predicted octanol–water partition coefficient (Wildman–Crippen LogP) is 2.01. The van der Waals surface area contributed by atoms with Crippen LogP contribution in [0.5, 0.6) is 0 Å². The number of benzene rings is 1. The second-order valence-electron chi connectivity index (χ2n) is 4.85. The van der Waals surface area contributed by atoms with Gasteiger partial charge in [0.15, 0.2) is 0 Å². The Balaban J connectivity index is 1.77. The van der Waals surface area contributed by atoms with Crippen molar-refractivity contribution in [1.82, 2.24) is 0 Å². The molecule has 1 aromatic rings. The quantitative estimate of drug-likeness (QED) is 0.813. The minimum absolute atomic E-state index is 0.395. The Morgan fingerprint density at radius 2 is 1.76 bits per heavy atom. The van der Waals surface area contributed by atoms with E-state index >= 15 is 0 Å². The van der Waals surface area contributed by atoms with Crippen molar-refractivity contribution in [3.8, 4) is 0 Å². The van der Waals surface area contributed by atoms with Crippen LogP contribution in [0, 0.1) is 5.92 Å². The highest BCUT2D eigenvalue weighted by Gasteiger charge is 2.44. The van der Waals surface area contributed by atoms with Crippen LogP contribution >= 0.6 is 0 Å². The average molecular weight is 228 g/mol. The van der Waals surface area contributed by atoms with Crippen molar-refractivity contribution >= 4 is 0 Å². The molecule has 1 aromatic carbocycles. The summed E-state index contributed by atoms with van der Waals surface area (Å²) in [5.74, 6) is 0.905. The van der Waals surface area contributed by atoms with E-state index in [1.165, 1.54) is 5.56 Å². The van der Waals surface area contributed by atoms with Gasteiger partial charge in [-0.05, 0) is 29.4 Å². The summed E-state index contributed by atoms with van der Waals surface area (Å²) in [7, 11) is 0. The van der Waals surface area contributed by atoms with Crippen LogP contribution < -0.4 is 0 Å². The first kappa shape index (κ1) is 10.8. The molecule has 0 aliphatic heterocycles. The van der Waals surface area contributed by atoms with Gasteiger partial charge in [-0.25, -0.2) is 0 Å². The Morgan fingerprint density at radius 1 is 1.00 bits per heavy atom. The lowest BCUT2D eigenvalue weighted by molar-refractivity contribution is 0.0679. The molecule has 2 aliphatic rings. The number of hydrogen-bond acceptors (Lipinski definition) is 2. The van der Waals surface area contributed by atoms with Crippen molar-refractivity contribution in [3.05, 3.63) is 59.7 Å². The molecule has 0 spiro atoms. The number of hydrogen-bond donors (Lipinski definition) is 2. The van der Waals surface area contributed by atoms with E-state index in [1.54, 1.807) is 6.08 Å². The molecule has 0 amide bonds. The summed E-state index contributed by atoms with van der Waals surface area (Å²) in [4.78, 5) is 0. The van der Waals surface area contributed by atoms with Gasteiger partial charge in [0.1, 0.15) is 12.2 Å². The summed E-state index contributed by atoms with van der Waals surface area (Å²) in [5.41, 5.74) is 2.31. The van der Waals surface area contributed by atoms with Crippen molar-refractivity contribution in [3.63, 3.8) is 0 Å². The smallest absolute Gasteiger partial charge is 0.105 e. The van der Waals surface area contributed by atoms with Gasteiger partial charge in [-0.2, -0.15) is 0 Å². The second-order valence-corrected chi connectivity index (χ2v) is 4.85. The van der Waals surface area contributed by atoms with Crippen molar-refractivity contribution in [1.29, 1.82) is 0 Å². The van der Waals surface area contributed by atoms with E-state index in [-0.39, 0.29) is 0 Å². The molecule has 88 valence electrons. The third-order valence-corrected chi connectivity index (χ3v) is 3.71. The number of allylic oxidation sites excluding steroid dienone is 2. The zero-order valence-electron chi connectivity index (χ0n) is 9.53. The van der Waals surface area contributed by atoms with Crippen LogP contribution in [0.3, 0.4) is 0 Å². The number of aliphatic hydroxyl groups is 2. The molecular weight excluding hydrogens is 212 g/mol. The van der Waals surface area contributed by atoms with E-state index in [0.717, 1.165) is 12.0 Å². The highest BCUT2D eigenvalue weighted by molar-refractivity contribution is 5.37. The first-order valence-electron chi connectivity index (χ1n) is 6.06. The summed E-state index contributed by atoms with van der Waals surface area (Å²) < 4.78 is 0. The fourth-order valence-electron chi connectivity index (χ4n) is 2.66. The molecule has 0 aromatic heterocycles. The van der Waals surface area contributed by atoms with Gasteiger partial charge in [0.2, 0.25) is 0 Å². The summed E-state index contributed by atoms with van der Waals surface area (Å²) in [5, 5.41) is 19.5. The Labute approximate surface area is 101 Å². The Kier molecular flexibility index (Phi) is 2.61. The van der Waals surface area contributed by atoms with Crippen LogP contribution in [0.1, 0.15) is 17.9 Å². The molecule has 2 heteroatoms. The van der Waals surface area contributed by atoms with E-state index < -0.39 is 12.2 Å². The maximum atomic E-state index is 9.94. The number of aliphatic hydroxyl groups excluding tert-OH is 2. The van der Waals surface area contributed by atoms with Gasteiger partial charge in [0.25, 0.3) is 0 Å². The molecule has 0 unspecified atom stereocenters. The van der Waals surface area contributed by atoms with Crippen LogP contribution in [0.4, 0.5) is 0 Å².